The Morgan fingerprint density at radius 3 is 2.26 bits per heavy atom. The molecule has 4 aromatic rings. The lowest BCUT2D eigenvalue weighted by Gasteiger charge is -2.29. The van der Waals surface area contributed by atoms with E-state index in [0.29, 0.717) is 10.6 Å². The number of benzene rings is 3. The number of hydrogen-bond donors (Lipinski definition) is 1. The Labute approximate surface area is 250 Å². The minimum atomic E-state index is -3.87. The van der Waals surface area contributed by atoms with E-state index in [1.807, 2.05) is 49.4 Å². The summed E-state index contributed by atoms with van der Waals surface area (Å²) in [4.78, 5) is 16.4. The van der Waals surface area contributed by atoms with Crippen molar-refractivity contribution in [2.45, 2.75) is 37.2 Å². The van der Waals surface area contributed by atoms with Gasteiger partial charge in [-0.2, -0.15) is 0 Å². The highest BCUT2D eigenvalue weighted by atomic mass is 79.9. The number of thiophene rings is 1. The van der Waals surface area contributed by atoms with Crippen LogP contribution in [0.4, 0.5) is 5.69 Å². The molecule has 3 aromatic carbocycles. The largest absolute Gasteiger partial charge is 0.349 e. The number of carbonyl (C=O) groups is 1. The Balaban J connectivity index is 1.51. The van der Waals surface area contributed by atoms with Crippen LogP contribution >= 0.6 is 43.2 Å². The van der Waals surface area contributed by atoms with Gasteiger partial charge in [0.15, 0.2) is 0 Å². The van der Waals surface area contributed by atoms with Crippen molar-refractivity contribution in [1.29, 1.82) is 0 Å². The van der Waals surface area contributed by atoms with E-state index in [0.717, 1.165) is 56.1 Å². The van der Waals surface area contributed by atoms with E-state index in [9.17, 15) is 13.2 Å². The van der Waals surface area contributed by atoms with Crippen LogP contribution in [-0.4, -0.2) is 45.4 Å². The number of aryl methyl sites for hydroxylation is 1. The summed E-state index contributed by atoms with van der Waals surface area (Å²) in [7, 11) is -1.77. The Bertz CT molecular complexity index is 1600. The van der Waals surface area contributed by atoms with Crippen molar-refractivity contribution in [2.24, 2.45) is 0 Å². The number of piperidine rings is 1. The number of nitrogens with one attached hydrogen (secondary N) is 1. The molecule has 1 saturated heterocycles. The quantitative estimate of drug-likeness (QED) is 0.228. The second-order valence-corrected chi connectivity index (χ2v) is 14.6. The number of nitrogens with zero attached hydrogens (tertiary/aromatic N) is 2. The average molecular weight is 692 g/mol. The van der Waals surface area contributed by atoms with Crippen LogP contribution in [0.5, 0.6) is 0 Å². The first-order chi connectivity index (χ1) is 18.6. The molecule has 10 heteroatoms. The summed E-state index contributed by atoms with van der Waals surface area (Å²) >= 11 is 8.30. The summed E-state index contributed by atoms with van der Waals surface area (Å²) < 4.78 is 32.0. The number of carbonyl (C=O) groups excluding carboxylic acids is 1. The molecule has 6 nitrogen and oxygen atoms in total. The third-order valence-electron chi connectivity index (χ3n) is 7.11. The van der Waals surface area contributed by atoms with Crippen LogP contribution in [0.15, 0.2) is 80.6 Å². The van der Waals surface area contributed by atoms with E-state index in [1.165, 1.54) is 15.6 Å². The maximum atomic E-state index is 13.9. The highest BCUT2D eigenvalue weighted by Crippen LogP contribution is 2.36. The molecule has 0 spiro atoms. The molecule has 39 heavy (non-hydrogen) atoms. The SMILES string of the molecule is Cc1c(C(=O)NC2CCN(C)CC2)sc2ccc(N(Cc3ccc(Br)cc3)S(=O)(=O)c3ccc(Br)cc3)cc12. The molecule has 0 radical (unpaired) electrons. The molecule has 0 unspecified atom stereocenters. The Morgan fingerprint density at radius 2 is 1.62 bits per heavy atom. The highest BCUT2D eigenvalue weighted by Gasteiger charge is 2.27. The van der Waals surface area contributed by atoms with Crippen LogP contribution in [-0.2, 0) is 16.6 Å². The van der Waals surface area contributed by atoms with Crippen LogP contribution in [0, 0.1) is 6.92 Å². The molecule has 5 rings (SSSR count). The summed E-state index contributed by atoms with van der Waals surface area (Å²) in [6, 6.07) is 20.1. The van der Waals surface area contributed by atoms with Crippen LogP contribution in [0.3, 0.4) is 0 Å². The molecular formula is C29H29Br2N3O3S2. The second kappa shape index (κ2) is 11.7. The third-order valence-corrected chi connectivity index (χ3v) is 11.2. The zero-order valence-corrected chi connectivity index (χ0v) is 26.5. The van der Waals surface area contributed by atoms with E-state index < -0.39 is 10.0 Å². The number of amides is 1. The zero-order chi connectivity index (χ0) is 27.7. The van der Waals surface area contributed by atoms with Gasteiger partial charge >= 0.3 is 0 Å². The molecule has 1 fully saturated rings. The van der Waals surface area contributed by atoms with Gasteiger partial charge in [0.2, 0.25) is 0 Å². The van der Waals surface area contributed by atoms with Crippen molar-refractivity contribution >= 4 is 74.9 Å². The van der Waals surface area contributed by atoms with Crippen LogP contribution in [0.25, 0.3) is 10.1 Å². The van der Waals surface area contributed by atoms with Gasteiger partial charge in [-0.3, -0.25) is 9.10 Å². The Morgan fingerprint density at radius 1 is 1.00 bits per heavy atom. The normalized spacial score (nSPS) is 15.0. The van der Waals surface area contributed by atoms with E-state index >= 15 is 0 Å². The number of fused-ring (bicyclic) bond motifs is 1. The van der Waals surface area contributed by atoms with Gasteiger partial charge in [0.05, 0.1) is 22.0 Å². The average Bonchev–Trinajstić information content (AvgIpc) is 3.25. The third kappa shape index (κ3) is 6.25. The van der Waals surface area contributed by atoms with Crippen LogP contribution in [0.1, 0.15) is 33.6 Å². The lowest BCUT2D eigenvalue weighted by molar-refractivity contribution is 0.0920. The first kappa shape index (κ1) is 28.3. The standard InChI is InChI=1S/C29H29Br2N3O3S2/c1-19-26-17-24(9-12-27(26)38-28(19)29(35)32-23-13-15-33(2)16-14-23)34(18-20-3-5-21(30)6-4-20)39(36,37)25-10-7-22(31)8-11-25/h3-12,17,23H,13-16,18H2,1-2H3,(H,32,35). The molecule has 0 aliphatic carbocycles. The van der Waals surface area contributed by atoms with Crippen LogP contribution in [0.2, 0.25) is 0 Å². The van der Waals surface area contributed by atoms with Gasteiger partial charge in [-0.05, 0) is 111 Å². The number of halogens is 2. The summed E-state index contributed by atoms with van der Waals surface area (Å²) in [6.07, 6.45) is 1.88. The molecule has 0 saturated carbocycles. The molecule has 0 bridgehead atoms. The lowest BCUT2D eigenvalue weighted by atomic mass is 10.1. The van der Waals surface area contributed by atoms with E-state index in [4.69, 9.17) is 0 Å². The first-order valence-electron chi connectivity index (χ1n) is 12.7. The number of anilines is 1. The highest BCUT2D eigenvalue weighted by molar-refractivity contribution is 9.10. The van der Waals surface area contributed by atoms with Gasteiger partial charge in [-0.25, -0.2) is 8.42 Å². The van der Waals surface area contributed by atoms with Gasteiger partial charge < -0.3 is 10.2 Å². The molecule has 204 valence electrons. The maximum absolute atomic E-state index is 13.9. The van der Waals surface area contributed by atoms with Gasteiger partial charge in [-0.1, -0.05) is 44.0 Å². The molecule has 1 aliphatic rings. The van der Waals surface area contributed by atoms with Gasteiger partial charge in [0, 0.05) is 19.7 Å². The minimum absolute atomic E-state index is 0.0565. The van der Waals surface area contributed by atoms with Crippen molar-refractivity contribution in [3.05, 3.63) is 91.7 Å². The van der Waals surface area contributed by atoms with E-state index in [-0.39, 0.29) is 23.4 Å². The lowest BCUT2D eigenvalue weighted by Crippen LogP contribution is -2.43. The van der Waals surface area contributed by atoms with Crippen molar-refractivity contribution in [3.63, 3.8) is 0 Å². The zero-order valence-electron chi connectivity index (χ0n) is 21.7. The predicted molar refractivity (Wildman–Crippen MR) is 166 cm³/mol. The number of likely N-dealkylation sites (tertiary alicyclic amines) is 1. The van der Waals surface area contributed by atoms with Crippen molar-refractivity contribution in [1.82, 2.24) is 10.2 Å². The van der Waals surface area contributed by atoms with Gasteiger partial charge in [0.25, 0.3) is 15.9 Å². The first-order valence-corrected chi connectivity index (χ1v) is 16.5. The monoisotopic (exact) mass is 689 g/mol. The molecule has 2 heterocycles. The smallest absolute Gasteiger partial charge is 0.264 e. The predicted octanol–water partition coefficient (Wildman–Crippen LogP) is 6.95. The Hall–Kier alpha value is -2.24. The number of rotatable bonds is 7. The fourth-order valence-corrected chi connectivity index (χ4v) is 7.85. The van der Waals surface area contributed by atoms with Gasteiger partial charge in [-0.15, -0.1) is 11.3 Å². The minimum Gasteiger partial charge on any atom is -0.349 e. The molecule has 1 aliphatic heterocycles. The second-order valence-electron chi connectivity index (χ2n) is 9.88. The fourth-order valence-electron chi connectivity index (χ4n) is 4.79. The van der Waals surface area contributed by atoms with Crippen molar-refractivity contribution < 1.29 is 13.2 Å². The summed E-state index contributed by atoms with van der Waals surface area (Å²) in [5.41, 5.74) is 2.28. The number of sulfonamides is 1. The Kier molecular flexibility index (Phi) is 8.49. The van der Waals surface area contributed by atoms with E-state index in [2.05, 4.69) is 49.1 Å². The number of hydrogen-bond acceptors (Lipinski definition) is 5. The molecule has 1 amide bonds. The maximum Gasteiger partial charge on any atom is 0.264 e. The molecular weight excluding hydrogens is 662 g/mol. The summed E-state index contributed by atoms with van der Waals surface area (Å²) in [5, 5.41) is 4.10. The van der Waals surface area contributed by atoms with Crippen molar-refractivity contribution in [2.75, 3.05) is 24.4 Å². The molecule has 0 atom stereocenters. The van der Waals surface area contributed by atoms with Gasteiger partial charge in [0.1, 0.15) is 0 Å². The fraction of sp³-hybridized carbons (Fsp3) is 0.276. The molecule has 1 aromatic heterocycles. The van der Waals surface area contributed by atoms with E-state index in [1.54, 1.807) is 24.3 Å². The molecule has 1 N–H and O–H groups in total. The summed E-state index contributed by atoms with van der Waals surface area (Å²) in [6.45, 7) is 4.06. The van der Waals surface area contributed by atoms with Crippen molar-refractivity contribution in [3.8, 4) is 0 Å². The van der Waals surface area contributed by atoms with Crippen LogP contribution < -0.4 is 9.62 Å². The summed E-state index contributed by atoms with van der Waals surface area (Å²) in [5.74, 6) is -0.0565. The topological polar surface area (TPSA) is 69.7 Å².